The Morgan fingerprint density at radius 1 is 0.907 bits per heavy atom. The Kier molecular flexibility index (Phi) is 8.19. The average molecular weight is 601 g/mol. The minimum Gasteiger partial charge on any atom is -0.480 e. The summed E-state index contributed by atoms with van der Waals surface area (Å²) in [5.41, 5.74) is 0.277. The Balaban J connectivity index is 1.44. The number of aliphatic carboxylic acids is 1. The van der Waals surface area contributed by atoms with Crippen LogP contribution in [0.5, 0.6) is 0 Å². The molecule has 5 aliphatic rings. The van der Waals surface area contributed by atoms with E-state index in [0.717, 1.165) is 69.8 Å². The number of aliphatic hydroxyl groups excluding tert-OH is 2. The van der Waals surface area contributed by atoms with Gasteiger partial charge in [-0.15, -0.1) is 0 Å². The molecule has 8 heteroatoms. The molecule has 0 aromatic carbocycles. The number of carbonyl (C=O) groups is 3. The first kappa shape index (κ1) is 32.5. The minimum absolute atomic E-state index is 0.0188. The number of carbonyl (C=O) groups excluding carboxylic acids is 2. The van der Waals surface area contributed by atoms with Crippen molar-refractivity contribution < 1.29 is 29.7 Å². The van der Waals surface area contributed by atoms with Gasteiger partial charge in [-0.05, 0) is 124 Å². The van der Waals surface area contributed by atoms with Crippen LogP contribution >= 0.6 is 0 Å². The molecule has 5 rings (SSSR count). The van der Waals surface area contributed by atoms with Gasteiger partial charge in [0.05, 0.1) is 24.7 Å². The molecule has 0 aromatic rings. The molecule has 0 aliphatic heterocycles. The largest absolute Gasteiger partial charge is 0.480 e. The molecule has 0 heterocycles. The van der Waals surface area contributed by atoms with Gasteiger partial charge in [0.2, 0.25) is 11.8 Å². The standard InChI is InChI=1S/C35H56N2O6/c1-20(2)22-10-15-35(30(43)36-18-27(40)37-21(3)29(41)42)17-16-33(6)23(28(22)35)8-9-25-31(4)13-12-26(39)32(5,19-38)24(31)11-14-34(25,33)7/h21-26,28,38-39H,1,8-19H2,2-7H3,(H,36,43)(H,37,40)(H,41,42)/t21-,22-,23?,24?,25?,26-,28?,31-,32-,33+,34+,35-/m0/s1. The zero-order valence-corrected chi connectivity index (χ0v) is 27.3. The number of amides is 2. The van der Waals surface area contributed by atoms with E-state index in [1.54, 1.807) is 0 Å². The van der Waals surface area contributed by atoms with Crippen LogP contribution in [0, 0.1) is 56.7 Å². The van der Waals surface area contributed by atoms with Crippen molar-refractivity contribution in [2.45, 2.75) is 118 Å². The Bertz CT molecular complexity index is 1170. The number of allylic oxidation sites excluding steroid dienone is 1. The first-order valence-electron chi connectivity index (χ1n) is 16.8. The highest BCUT2D eigenvalue weighted by Crippen LogP contribution is 2.77. The summed E-state index contributed by atoms with van der Waals surface area (Å²) in [6.45, 7) is 17.3. The number of nitrogens with one attached hydrogen (secondary N) is 2. The second-order valence-electron chi connectivity index (χ2n) is 16.4. The van der Waals surface area contributed by atoms with Gasteiger partial charge in [0, 0.05) is 5.41 Å². The summed E-state index contributed by atoms with van der Waals surface area (Å²) in [6, 6.07) is -1.01. The van der Waals surface area contributed by atoms with Gasteiger partial charge in [-0.3, -0.25) is 14.4 Å². The molecular weight excluding hydrogens is 544 g/mol. The van der Waals surface area contributed by atoms with Gasteiger partial charge in [-0.2, -0.15) is 0 Å². The van der Waals surface area contributed by atoms with Crippen molar-refractivity contribution in [1.82, 2.24) is 10.6 Å². The molecule has 242 valence electrons. The van der Waals surface area contributed by atoms with Gasteiger partial charge >= 0.3 is 5.97 Å². The van der Waals surface area contributed by atoms with Crippen LogP contribution in [-0.2, 0) is 14.4 Å². The fourth-order valence-corrected chi connectivity index (χ4v) is 12.2. The molecule has 2 amide bonds. The summed E-state index contributed by atoms with van der Waals surface area (Å²) in [5.74, 6) is -0.121. The predicted molar refractivity (Wildman–Crippen MR) is 165 cm³/mol. The van der Waals surface area contributed by atoms with Crippen LogP contribution in [0.1, 0.15) is 106 Å². The highest BCUT2D eigenvalue weighted by molar-refractivity contribution is 5.90. The molecule has 0 radical (unpaired) electrons. The highest BCUT2D eigenvalue weighted by Gasteiger charge is 2.72. The molecule has 12 atom stereocenters. The number of aliphatic hydroxyl groups is 2. The topological polar surface area (TPSA) is 136 Å². The lowest BCUT2D eigenvalue weighted by Gasteiger charge is -2.73. The van der Waals surface area contributed by atoms with Crippen LogP contribution in [0.25, 0.3) is 0 Å². The maximum atomic E-state index is 14.1. The van der Waals surface area contributed by atoms with E-state index in [9.17, 15) is 24.6 Å². The molecule has 5 saturated carbocycles. The van der Waals surface area contributed by atoms with E-state index in [1.165, 1.54) is 6.92 Å². The number of rotatable bonds is 7. The van der Waals surface area contributed by atoms with E-state index in [-0.39, 0.29) is 53.1 Å². The SMILES string of the molecule is C=C(C)[C@@H]1CC[C@]2(C(=O)NCC(=O)N[C@@H](C)C(=O)O)CC[C@]3(C)C(CCC4[C@@]5(C)CC[C@H](O)[C@@](C)(CO)C5CC[C@]43C)C12. The van der Waals surface area contributed by atoms with Gasteiger partial charge in [0.1, 0.15) is 6.04 Å². The maximum absolute atomic E-state index is 14.1. The van der Waals surface area contributed by atoms with Gasteiger partial charge in [0.25, 0.3) is 0 Å². The summed E-state index contributed by atoms with van der Waals surface area (Å²) in [4.78, 5) is 37.8. The van der Waals surface area contributed by atoms with E-state index in [4.69, 9.17) is 5.11 Å². The third-order valence-corrected chi connectivity index (χ3v) is 14.8. The Morgan fingerprint density at radius 3 is 2.23 bits per heavy atom. The smallest absolute Gasteiger partial charge is 0.325 e. The molecule has 8 nitrogen and oxygen atoms in total. The summed E-state index contributed by atoms with van der Waals surface area (Å²) in [5, 5.41) is 36.1. The molecule has 4 unspecified atom stereocenters. The second-order valence-corrected chi connectivity index (χ2v) is 16.4. The average Bonchev–Trinajstić information content (AvgIpc) is 3.35. The third kappa shape index (κ3) is 4.54. The van der Waals surface area contributed by atoms with Gasteiger partial charge < -0.3 is 26.0 Å². The number of carboxylic acids is 1. The van der Waals surface area contributed by atoms with E-state index < -0.39 is 34.9 Å². The van der Waals surface area contributed by atoms with Crippen LogP contribution in [0.15, 0.2) is 12.2 Å². The predicted octanol–water partition coefficient (Wildman–Crippen LogP) is 4.68. The maximum Gasteiger partial charge on any atom is 0.325 e. The first-order valence-corrected chi connectivity index (χ1v) is 16.8. The number of carboxylic acid groups (broad SMARTS) is 1. The van der Waals surface area contributed by atoms with Crippen molar-refractivity contribution in [3.8, 4) is 0 Å². The van der Waals surface area contributed by atoms with Crippen LogP contribution in [0.4, 0.5) is 0 Å². The summed E-state index contributed by atoms with van der Waals surface area (Å²) >= 11 is 0. The molecule has 5 N–H and O–H groups in total. The molecule has 5 aliphatic carbocycles. The molecule has 43 heavy (non-hydrogen) atoms. The second kappa shape index (κ2) is 10.9. The van der Waals surface area contributed by atoms with Crippen LogP contribution < -0.4 is 10.6 Å². The Hall–Kier alpha value is -1.93. The lowest BCUT2D eigenvalue weighted by molar-refractivity contribution is -0.252. The quantitative estimate of drug-likeness (QED) is 0.269. The van der Waals surface area contributed by atoms with Crippen LogP contribution in [0.2, 0.25) is 0 Å². The van der Waals surface area contributed by atoms with Crippen molar-refractivity contribution in [3.05, 3.63) is 12.2 Å². The fraction of sp³-hybridized carbons (Fsp3) is 0.857. The summed E-state index contributed by atoms with van der Waals surface area (Å²) in [7, 11) is 0. The molecule has 0 saturated heterocycles. The van der Waals surface area contributed by atoms with E-state index >= 15 is 0 Å². The normalized spacial score (nSPS) is 47.6. The zero-order chi connectivity index (χ0) is 31.8. The molecular formula is C35H56N2O6. The lowest BCUT2D eigenvalue weighted by Crippen LogP contribution is -2.68. The summed E-state index contributed by atoms with van der Waals surface area (Å²) < 4.78 is 0. The molecule has 0 bridgehead atoms. The lowest BCUT2D eigenvalue weighted by atomic mass is 9.32. The molecule has 0 spiro atoms. The highest BCUT2D eigenvalue weighted by atomic mass is 16.4. The van der Waals surface area contributed by atoms with Crippen molar-refractivity contribution in [2.24, 2.45) is 56.7 Å². The number of fused-ring (bicyclic) bond motifs is 7. The van der Waals surface area contributed by atoms with E-state index in [1.807, 2.05) is 0 Å². The number of hydrogen-bond acceptors (Lipinski definition) is 5. The number of hydrogen-bond donors (Lipinski definition) is 5. The third-order valence-electron chi connectivity index (χ3n) is 14.8. The monoisotopic (exact) mass is 600 g/mol. The van der Waals surface area contributed by atoms with E-state index in [0.29, 0.717) is 11.8 Å². The van der Waals surface area contributed by atoms with E-state index in [2.05, 4.69) is 51.8 Å². The van der Waals surface area contributed by atoms with Gasteiger partial charge in [-0.1, -0.05) is 39.8 Å². The molecule has 0 aromatic heterocycles. The van der Waals surface area contributed by atoms with Gasteiger partial charge in [-0.25, -0.2) is 0 Å². The van der Waals surface area contributed by atoms with Crippen LogP contribution in [0.3, 0.4) is 0 Å². The fourth-order valence-electron chi connectivity index (χ4n) is 12.2. The van der Waals surface area contributed by atoms with Crippen molar-refractivity contribution in [3.63, 3.8) is 0 Å². The Morgan fingerprint density at radius 2 is 1.60 bits per heavy atom. The molecule has 5 fully saturated rings. The zero-order valence-electron chi connectivity index (χ0n) is 27.3. The minimum atomic E-state index is -1.11. The summed E-state index contributed by atoms with van der Waals surface area (Å²) in [6.07, 6.45) is 8.92. The first-order chi connectivity index (χ1) is 20.0. The van der Waals surface area contributed by atoms with Crippen molar-refractivity contribution >= 4 is 17.8 Å². The Labute approximate surface area is 257 Å². The van der Waals surface area contributed by atoms with Gasteiger partial charge in [0.15, 0.2) is 0 Å². The van der Waals surface area contributed by atoms with Crippen molar-refractivity contribution in [2.75, 3.05) is 13.2 Å². The van der Waals surface area contributed by atoms with Crippen molar-refractivity contribution in [1.29, 1.82) is 0 Å². The van der Waals surface area contributed by atoms with Crippen LogP contribution in [-0.4, -0.2) is 58.4 Å².